The first kappa shape index (κ1) is 17.1. The normalized spacial score (nSPS) is 11.4. The SMILES string of the molecule is CN(C)S(=O)(=O)c1ccc(CC(=O)NCc2ccccn2)cc1. The van der Waals surface area contributed by atoms with E-state index in [0.29, 0.717) is 6.54 Å². The molecule has 0 aliphatic carbocycles. The Labute approximate surface area is 136 Å². The Bertz CT molecular complexity index is 757. The molecular weight excluding hydrogens is 314 g/mol. The highest BCUT2D eigenvalue weighted by molar-refractivity contribution is 7.89. The number of hydrogen-bond donors (Lipinski definition) is 1. The van der Waals surface area contributed by atoms with E-state index < -0.39 is 10.0 Å². The topological polar surface area (TPSA) is 79.4 Å². The Hall–Kier alpha value is -2.25. The van der Waals surface area contributed by atoms with Crippen LogP contribution in [-0.2, 0) is 27.8 Å². The molecule has 0 atom stereocenters. The van der Waals surface area contributed by atoms with E-state index in [1.54, 1.807) is 18.3 Å². The third kappa shape index (κ3) is 4.61. The van der Waals surface area contributed by atoms with Crippen molar-refractivity contribution in [3.05, 3.63) is 59.9 Å². The molecule has 23 heavy (non-hydrogen) atoms. The molecule has 0 aliphatic heterocycles. The minimum absolute atomic E-state index is 0.140. The summed E-state index contributed by atoms with van der Waals surface area (Å²) in [6.45, 7) is 0.368. The standard InChI is InChI=1S/C16H19N3O3S/c1-19(2)23(21,22)15-8-6-13(7-9-15)11-16(20)18-12-14-5-3-4-10-17-14/h3-10H,11-12H2,1-2H3,(H,18,20). The van der Waals surface area contributed by atoms with Crippen molar-refractivity contribution in [2.45, 2.75) is 17.9 Å². The molecule has 2 rings (SSSR count). The van der Waals surface area contributed by atoms with Crippen LogP contribution in [0.25, 0.3) is 0 Å². The van der Waals surface area contributed by atoms with Crippen LogP contribution in [0.15, 0.2) is 53.6 Å². The van der Waals surface area contributed by atoms with Crippen LogP contribution < -0.4 is 5.32 Å². The van der Waals surface area contributed by atoms with Crippen molar-refractivity contribution in [3.8, 4) is 0 Å². The zero-order chi connectivity index (χ0) is 16.9. The van der Waals surface area contributed by atoms with Gasteiger partial charge in [-0.05, 0) is 29.8 Å². The molecule has 1 amide bonds. The number of nitrogens with one attached hydrogen (secondary N) is 1. The molecule has 0 saturated carbocycles. The zero-order valence-electron chi connectivity index (χ0n) is 13.1. The molecule has 0 bridgehead atoms. The lowest BCUT2D eigenvalue weighted by atomic mass is 10.1. The number of pyridine rings is 1. The molecule has 1 heterocycles. The predicted octanol–water partition coefficient (Wildman–Crippen LogP) is 1.19. The maximum Gasteiger partial charge on any atom is 0.242 e. The highest BCUT2D eigenvalue weighted by Crippen LogP contribution is 2.14. The molecule has 0 unspecified atom stereocenters. The van der Waals surface area contributed by atoms with E-state index in [0.717, 1.165) is 15.6 Å². The van der Waals surface area contributed by atoms with Crippen LogP contribution in [0.2, 0.25) is 0 Å². The number of benzene rings is 1. The maximum absolute atomic E-state index is 12.0. The van der Waals surface area contributed by atoms with Crippen LogP contribution >= 0.6 is 0 Å². The molecule has 0 saturated heterocycles. The average molecular weight is 333 g/mol. The van der Waals surface area contributed by atoms with Gasteiger partial charge in [0.15, 0.2) is 0 Å². The van der Waals surface area contributed by atoms with Gasteiger partial charge in [0, 0.05) is 20.3 Å². The van der Waals surface area contributed by atoms with Gasteiger partial charge in [-0.15, -0.1) is 0 Å². The summed E-state index contributed by atoms with van der Waals surface area (Å²) < 4.78 is 25.1. The molecule has 0 fully saturated rings. The van der Waals surface area contributed by atoms with Gasteiger partial charge in [-0.1, -0.05) is 18.2 Å². The van der Waals surface area contributed by atoms with Gasteiger partial charge in [0.25, 0.3) is 0 Å². The van der Waals surface area contributed by atoms with Gasteiger partial charge < -0.3 is 5.32 Å². The summed E-state index contributed by atoms with van der Waals surface area (Å²) in [7, 11) is -0.483. The number of hydrogen-bond acceptors (Lipinski definition) is 4. The van der Waals surface area contributed by atoms with Crippen LogP contribution in [0.3, 0.4) is 0 Å². The largest absolute Gasteiger partial charge is 0.350 e. The first-order chi connectivity index (χ1) is 10.9. The fraction of sp³-hybridized carbons (Fsp3) is 0.250. The smallest absolute Gasteiger partial charge is 0.242 e. The van der Waals surface area contributed by atoms with Gasteiger partial charge in [0.2, 0.25) is 15.9 Å². The molecule has 0 spiro atoms. The Balaban J connectivity index is 1.94. The fourth-order valence-corrected chi connectivity index (χ4v) is 2.83. The monoisotopic (exact) mass is 333 g/mol. The fourth-order valence-electron chi connectivity index (χ4n) is 1.93. The van der Waals surface area contributed by atoms with E-state index >= 15 is 0 Å². The third-order valence-corrected chi connectivity index (χ3v) is 5.09. The van der Waals surface area contributed by atoms with E-state index in [1.807, 2.05) is 18.2 Å². The molecule has 0 radical (unpaired) electrons. The molecule has 1 aromatic carbocycles. The summed E-state index contributed by atoms with van der Waals surface area (Å²) in [6.07, 6.45) is 1.86. The second kappa shape index (κ2) is 7.34. The van der Waals surface area contributed by atoms with Crippen molar-refractivity contribution < 1.29 is 13.2 Å². The lowest BCUT2D eigenvalue weighted by Crippen LogP contribution is -2.25. The maximum atomic E-state index is 12.0. The Morgan fingerprint density at radius 2 is 1.83 bits per heavy atom. The quantitative estimate of drug-likeness (QED) is 0.861. The molecule has 7 heteroatoms. The average Bonchev–Trinajstić information content (AvgIpc) is 2.54. The molecule has 0 aliphatic rings. The minimum Gasteiger partial charge on any atom is -0.350 e. The lowest BCUT2D eigenvalue weighted by Gasteiger charge is -2.11. The lowest BCUT2D eigenvalue weighted by molar-refractivity contribution is -0.120. The molecule has 2 aromatic rings. The highest BCUT2D eigenvalue weighted by atomic mass is 32.2. The van der Waals surface area contributed by atoms with Gasteiger partial charge in [0.05, 0.1) is 23.6 Å². The van der Waals surface area contributed by atoms with Gasteiger partial charge >= 0.3 is 0 Å². The van der Waals surface area contributed by atoms with Crippen LogP contribution in [0.4, 0.5) is 0 Å². The zero-order valence-corrected chi connectivity index (χ0v) is 13.9. The first-order valence-electron chi connectivity index (χ1n) is 7.07. The number of sulfonamides is 1. The number of carbonyl (C=O) groups excluding carboxylic acids is 1. The number of rotatable bonds is 6. The summed E-state index contributed by atoms with van der Waals surface area (Å²) in [5, 5.41) is 2.78. The van der Waals surface area contributed by atoms with E-state index in [-0.39, 0.29) is 17.2 Å². The summed E-state index contributed by atoms with van der Waals surface area (Å²) in [4.78, 5) is 16.2. The van der Waals surface area contributed by atoms with Crippen molar-refractivity contribution in [1.82, 2.24) is 14.6 Å². The van der Waals surface area contributed by atoms with E-state index in [1.165, 1.54) is 26.2 Å². The molecule has 1 aromatic heterocycles. The van der Waals surface area contributed by atoms with Gasteiger partial charge in [-0.3, -0.25) is 9.78 Å². The molecular formula is C16H19N3O3S. The summed E-state index contributed by atoms with van der Waals surface area (Å²) in [5.74, 6) is -0.140. The third-order valence-electron chi connectivity index (χ3n) is 3.26. The van der Waals surface area contributed by atoms with E-state index in [2.05, 4.69) is 10.3 Å². The van der Waals surface area contributed by atoms with Crippen molar-refractivity contribution >= 4 is 15.9 Å². The number of carbonyl (C=O) groups is 1. The number of aromatic nitrogens is 1. The van der Waals surface area contributed by atoms with Crippen LogP contribution in [0, 0.1) is 0 Å². The Morgan fingerprint density at radius 1 is 1.13 bits per heavy atom. The van der Waals surface area contributed by atoms with Crippen molar-refractivity contribution in [2.75, 3.05) is 14.1 Å². The van der Waals surface area contributed by atoms with E-state index in [4.69, 9.17) is 0 Å². The second-order valence-corrected chi connectivity index (χ2v) is 7.36. The van der Waals surface area contributed by atoms with Gasteiger partial charge in [0.1, 0.15) is 0 Å². The van der Waals surface area contributed by atoms with Gasteiger partial charge in [-0.2, -0.15) is 0 Å². The van der Waals surface area contributed by atoms with Crippen LogP contribution in [0.1, 0.15) is 11.3 Å². The molecule has 122 valence electrons. The van der Waals surface area contributed by atoms with Crippen LogP contribution in [0.5, 0.6) is 0 Å². The highest BCUT2D eigenvalue weighted by Gasteiger charge is 2.16. The number of nitrogens with zero attached hydrogens (tertiary/aromatic N) is 2. The summed E-state index contributed by atoms with van der Waals surface area (Å²) in [6, 6.07) is 11.8. The molecule has 1 N–H and O–H groups in total. The summed E-state index contributed by atoms with van der Waals surface area (Å²) in [5.41, 5.74) is 1.54. The number of amides is 1. The second-order valence-electron chi connectivity index (χ2n) is 5.21. The van der Waals surface area contributed by atoms with Crippen molar-refractivity contribution in [1.29, 1.82) is 0 Å². The first-order valence-corrected chi connectivity index (χ1v) is 8.51. The van der Waals surface area contributed by atoms with Crippen molar-refractivity contribution in [3.63, 3.8) is 0 Å². The Kier molecular flexibility index (Phi) is 5.46. The van der Waals surface area contributed by atoms with E-state index in [9.17, 15) is 13.2 Å². The van der Waals surface area contributed by atoms with Crippen molar-refractivity contribution in [2.24, 2.45) is 0 Å². The predicted molar refractivity (Wildman–Crippen MR) is 87.1 cm³/mol. The minimum atomic E-state index is -3.44. The molecule has 6 nitrogen and oxygen atoms in total. The van der Waals surface area contributed by atoms with Crippen LogP contribution in [-0.4, -0.2) is 37.7 Å². The Morgan fingerprint density at radius 3 is 2.39 bits per heavy atom. The van der Waals surface area contributed by atoms with Gasteiger partial charge in [-0.25, -0.2) is 12.7 Å². The summed E-state index contributed by atoms with van der Waals surface area (Å²) >= 11 is 0.